The minimum atomic E-state index is -4.66. The summed E-state index contributed by atoms with van der Waals surface area (Å²) in [5.74, 6) is -1.61. The SMILES string of the molecule is CCCC(NC(=O)Cc1c(C)nc2nc(C(F)(F)F)nn2c1C)c1ccccc1. The fraction of sp³-hybridized carbons (Fsp3) is 0.400. The Morgan fingerprint density at radius 1 is 1.17 bits per heavy atom. The van der Waals surface area contributed by atoms with E-state index in [4.69, 9.17) is 0 Å². The van der Waals surface area contributed by atoms with Crippen molar-refractivity contribution in [1.29, 1.82) is 0 Å². The van der Waals surface area contributed by atoms with Crippen molar-refractivity contribution >= 4 is 11.7 Å². The summed E-state index contributed by atoms with van der Waals surface area (Å²) in [5, 5.41) is 6.54. The molecule has 0 aliphatic heterocycles. The Balaban J connectivity index is 1.86. The summed E-state index contributed by atoms with van der Waals surface area (Å²) in [7, 11) is 0. The fourth-order valence-corrected chi connectivity index (χ4v) is 3.29. The minimum Gasteiger partial charge on any atom is -0.349 e. The lowest BCUT2D eigenvalue weighted by atomic mass is 10.0. The molecule has 0 spiro atoms. The monoisotopic (exact) mass is 405 g/mol. The predicted molar refractivity (Wildman–Crippen MR) is 101 cm³/mol. The molecule has 0 saturated carbocycles. The molecule has 0 aliphatic carbocycles. The largest absolute Gasteiger partial charge is 0.453 e. The van der Waals surface area contributed by atoms with Crippen LogP contribution in [-0.2, 0) is 17.4 Å². The molecule has 1 aromatic carbocycles. The number of alkyl halides is 3. The van der Waals surface area contributed by atoms with E-state index in [-0.39, 0.29) is 24.1 Å². The van der Waals surface area contributed by atoms with Crippen LogP contribution in [0.5, 0.6) is 0 Å². The molecule has 1 unspecified atom stereocenters. The van der Waals surface area contributed by atoms with Gasteiger partial charge in [0.05, 0.1) is 12.5 Å². The quantitative estimate of drug-likeness (QED) is 0.674. The fourth-order valence-electron chi connectivity index (χ4n) is 3.29. The number of carbonyl (C=O) groups is 1. The zero-order chi connectivity index (χ0) is 21.2. The zero-order valence-electron chi connectivity index (χ0n) is 16.4. The number of carbonyl (C=O) groups excluding carboxylic acids is 1. The lowest BCUT2D eigenvalue weighted by molar-refractivity contribution is -0.144. The number of nitrogens with one attached hydrogen (secondary N) is 1. The maximum Gasteiger partial charge on any atom is 0.453 e. The predicted octanol–water partition coefficient (Wildman–Crippen LogP) is 3.96. The summed E-state index contributed by atoms with van der Waals surface area (Å²) < 4.78 is 39.8. The molecule has 3 aromatic rings. The Morgan fingerprint density at radius 3 is 2.48 bits per heavy atom. The van der Waals surface area contributed by atoms with E-state index in [9.17, 15) is 18.0 Å². The number of halogens is 3. The van der Waals surface area contributed by atoms with E-state index in [0.717, 1.165) is 22.9 Å². The molecular weight excluding hydrogens is 383 g/mol. The maximum atomic E-state index is 12.9. The molecule has 9 heteroatoms. The molecule has 1 N–H and O–H groups in total. The second-order valence-corrected chi connectivity index (χ2v) is 6.90. The Bertz CT molecular complexity index is 1010. The number of rotatable bonds is 6. The van der Waals surface area contributed by atoms with Crippen molar-refractivity contribution in [2.45, 2.75) is 52.3 Å². The van der Waals surface area contributed by atoms with Crippen LogP contribution in [0.2, 0.25) is 0 Å². The highest BCUT2D eigenvalue weighted by Gasteiger charge is 2.37. The van der Waals surface area contributed by atoms with Crippen molar-refractivity contribution in [3.05, 3.63) is 58.7 Å². The molecule has 0 bridgehead atoms. The van der Waals surface area contributed by atoms with Crippen molar-refractivity contribution < 1.29 is 18.0 Å². The van der Waals surface area contributed by atoms with Crippen LogP contribution in [0.1, 0.15) is 54.1 Å². The Labute approximate surface area is 166 Å². The summed E-state index contributed by atoms with van der Waals surface area (Å²) in [5.41, 5.74) is 2.42. The van der Waals surface area contributed by atoms with Gasteiger partial charge in [0.15, 0.2) is 0 Å². The molecule has 6 nitrogen and oxygen atoms in total. The summed E-state index contributed by atoms with van der Waals surface area (Å²) in [6.45, 7) is 5.30. The number of aromatic nitrogens is 4. The number of nitrogens with zero attached hydrogens (tertiary/aromatic N) is 4. The van der Waals surface area contributed by atoms with Crippen LogP contribution in [0, 0.1) is 13.8 Å². The molecule has 3 rings (SSSR count). The number of amides is 1. The van der Waals surface area contributed by atoms with Gasteiger partial charge in [-0.2, -0.15) is 18.2 Å². The second kappa shape index (κ2) is 8.18. The van der Waals surface area contributed by atoms with Gasteiger partial charge in [-0.05, 0) is 25.8 Å². The van der Waals surface area contributed by atoms with Crippen LogP contribution < -0.4 is 5.32 Å². The highest BCUT2D eigenvalue weighted by molar-refractivity contribution is 5.79. The maximum absolute atomic E-state index is 12.9. The van der Waals surface area contributed by atoms with Gasteiger partial charge in [-0.3, -0.25) is 4.79 Å². The first kappa shape index (κ1) is 20.8. The van der Waals surface area contributed by atoms with E-state index >= 15 is 0 Å². The second-order valence-electron chi connectivity index (χ2n) is 6.90. The Hall–Kier alpha value is -2.97. The van der Waals surface area contributed by atoms with Crippen LogP contribution in [0.3, 0.4) is 0 Å². The molecule has 0 fully saturated rings. The first-order valence-corrected chi connectivity index (χ1v) is 9.35. The first-order chi connectivity index (χ1) is 13.7. The highest BCUT2D eigenvalue weighted by atomic mass is 19.4. The summed E-state index contributed by atoms with van der Waals surface area (Å²) in [6.07, 6.45) is -2.99. The average Bonchev–Trinajstić information content (AvgIpc) is 3.10. The lowest BCUT2D eigenvalue weighted by Crippen LogP contribution is -2.30. The van der Waals surface area contributed by atoms with E-state index in [1.165, 1.54) is 0 Å². The number of fused-ring (bicyclic) bond motifs is 1. The Morgan fingerprint density at radius 2 is 1.86 bits per heavy atom. The summed E-state index contributed by atoms with van der Waals surface area (Å²) in [4.78, 5) is 20.3. The zero-order valence-corrected chi connectivity index (χ0v) is 16.4. The van der Waals surface area contributed by atoms with Gasteiger partial charge in [-0.15, -0.1) is 5.10 Å². The van der Waals surface area contributed by atoms with Crippen LogP contribution in [0.25, 0.3) is 5.78 Å². The first-order valence-electron chi connectivity index (χ1n) is 9.35. The highest BCUT2D eigenvalue weighted by Crippen LogP contribution is 2.27. The van der Waals surface area contributed by atoms with Gasteiger partial charge >= 0.3 is 6.18 Å². The van der Waals surface area contributed by atoms with Crippen molar-refractivity contribution in [2.24, 2.45) is 0 Å². The van der Waals surface area contributed by atoms with Crippen LogP contribution in [0.4, 0.5) is 13.2 Å². The molecular formula is C20H22F3N5O. The Kier molecular flexibility index (Phi) is 5.86. The van der Waals surface area contributed by atoms with Crippen molar-refractivity contribution in [2.75, 3.05) is 0 Å². The molecule has 0 radical (unpaired) electrons. The summed E-state index contributed by atoms with van der Waals surface area (Å²) >= 11 is 0. The van der Waals surface area contributed by atoms with E-state index in [2.05, 4.69) is 20.4 Å². The number of aryl methyl sites for hydroxylation is 2. The summed E-state index contributed by atoms with van der Waals surface area (Å²) in [6, 6.07) is 9.53. The molecule has 0 saturated heterocycles. The smallest absolute Gasteiger partial charge is 0.349 e. The van der Waals surface area contributed by atoms with Gasteiger partial charge < -0.3 is 5.32 Å². The molecule has 0 aliphatic rings. The number of hydrogen-bond acceptors (Lipinski definition) is 4. The van der Waals surface area contributed by atoms with Gasteiger partial charge in [0.2, 0.25) is 5.91 Å². The van der Waals surface area contributed by atoms with Gasteiger partial charge in [0.25, 0.3) is 11.6 Å². The topological polar surface area (TPSA) is 72.2 Å². The third-order valence-corrected chi connectivity index (χ3v) is 4.75. The molecule has 1 atom stereocenters. The van der Waals surface area contributed by atoms with Gasteiger partial charge in [-0.1, -0.05) is 43.7 Å². The lowest BCUT2D eigenvalue weighted by Gasteiger charge is -2.19. The molecule has 2 heterocycles. The van der Waals surface area contributed by atoms with Crippen LogP contribution >= 0.6 is 0 Å². The van der Waals surface area contributed by atoms with Gasteiger partial charge in [-0.25, -0.2) is 9.50 Å². The van der Waals surface area contributed by atoms with E-state index in [1.807, 2.05) is 37.3 Å². The third kappa shape index (κ3) is 4.55. The molecule has 29 heavy (non-hydrogen) atoms. The molecule has 2 aromatic heterocycles. The third-order valence-electron chi connectivity index (χ3n) is 4.75. The van der Waals surface area contributed by atoms with Gasteiger partial charge in [0, 0.05) is 17.0 Å². The molecule has 154 valence electrons. The van der Waals surface area contributed by atoms with E-state index in [0.29, 0.717) is 17.0 Å². The number of hydrogen-bond donors (Lipinski definition) is 1. The van der Waals surface area contributed by atoms with E-state index < -0.39 is 12.0 Å². The van der Waals surface area contributed by atoms with E-state index in [1.54, 1.807) is 13.8 Å². The standard InChI is InChI=1S/C20H22F3N5O/c1-4-8-16(14-9-6-5-7-10-14)25-17(29)11-15-12(2)24-19-26-18(20(21,22)23)27-28(19)13(15)3/h5-7,9-10,16H,4,8,11H2,1-3H3,(H,25,29). The van der Waals surface area contributed by atoms with Crippen molar-refractivity contribution in [3.63, 3.8) is 0 Å². The van der Waals surface area contributed by atoms with Crippen LogP contribution in [-0.4, -0.2) is 25.5 Å². The van der Waals surface area contributed by atoms with Crippen molar-refractivity contribution in [1.82, 2.24) is 24.9 Å². The van der Waals surface area contributed by atoms with Crippen LogP contribution in [0.15, 0.2) is 30.3 Å². The normalized spacial score (nSPS) is 12.9. The van der Waals surface area contributed by atoms with Gasteiger partial charge in [0.1, 0.15) is 0 Å². The van der Waals surface area contributed by atoms with Crippen molar-refractivity contribution in [3.8, 4) is 0 Å². The minimum absolute atomic E-state index is 0.00509. The molecule has 1 amide bonds. The average molecular weight is 405 g/mol. The number of benzene rings is 1.